The molecular weight excluding hydrogens is 288 g/mol. The summed E-state index contributed by atoms with van der Waals surface area (Å²) >= 11 is 3.39. The molecule has 5 heteroatoms. The lowest BCUT2D eigenvalue weighted by Gasteiger charge is -2.29. The molecule has 2 aromatic rings. The van der Waals surface area contributed by atoms with Crippen LogP contribution in [0.25, 0.3) is 10.6 Å². The van der Waals surface area contributed by atoms with E-state index < -0.39 is 0 Å². The molecule has 0 aliphatic rings. The van der Waals surface area contributed by atoms with Crippen LogP contribution in [0.5, 0.6) is 0 Å². The number of thiophene rings is 1. The van der Waals surface area contributed by atoms with Crippen LogP contribution in [0.15, 0.2) is 22.2 Å². The van der Waals surface area contributed by atoms with Crippen LogP contribution in [0, 0.1) is 5.41 Å². The Hall–Kier alpha value is -0.750. The van der Waals surface area contributed by atoms with Crippen LogP contribution in [0.1, 0.15) is 32.4 Å². The van der Waals surface area contributed by atoms with Gasteiger partial charge in [-0.1, -0.05) is 13.8 Å². The molecule has 2 heterocycles. The molecule has 2 N–H and O–H groups in total. The average molecular weight is 310 g/mol. The first-order valence-corrected chi connectivity index (χ1v) is 8.84. The summed E-state index contributed by atoms with van der Waals surface area (Å²) in [7, 11) is 0. The number of hydrogen-bond donors (Lipinski definition) is 2. The van der Waals surface area contributed by atoms with E-state index in [2.05, 4.69) is 46.4 Å². The Balaban J connectivity index is 1.89. The zero-order chi connectivity index (χ0) is 14.4. The van der Waals surface area contributed by atoms with Crippen molar-refractivity contribution in [1.82, 2.24) is 10.3 Å². The van der Waals surface area contributed by atoms with Crippen molar-refractivity contribution in [2.75, 3.05) is 13.2 Å². The number of aliphatic hydroxyl groups excluding tert-OH is 1. The predicted octanol–water partition coefficient (Wildman–Crippen LogP) is 3.76. The summed E-state index contributed by atoms with van der Waals surface area (Å²) < 4.78 is 0. The molecule has 3 nitrogen and oxygen atoms in total. The first-order valence-electron chi connectivity index (χ1n) is 7.01. The van der Waals surface area contributed by atoms with Crippen molar-refractivity contribution < 1.29 is 5.11 Å². The van der Waals surface area contributed by atoms with Gasteiger partial charge in [0.1, 0.15) is 5.01 Å². The minimum Gasteiger partial charge on any atom is -0.396 e. The molecule has 0 atom stereocenters. The average Bonchev–Trinajstić information content (AvgIpc) is 3.15. The van der Waals surface area contributed by atoms with Crippen LogP contribution >= 0.6 is 22.7 Å². The minimum atomic E-state index is 0.00616. The monoisotopic (exact) mass is 310 g/mol. The molecule has 2 aromatic heterocycles. The number of aromatic nitrogens is 1. The van der Waals surface area contributed by atoms with Crippen LogP contribution in [-0.4, -0.2) is 23.2 Å². The zero-order valence-corrected chi connectivity index (χ0v) is 13.7. The summed E-state index contributed by atoms with van der Waals surface area (Å²) in [5.41, 5.74) is 2.29. The van der Waals surface area contributed by atoms with Gasteiger partial charge in [0.05, 0.1) is 5.69 Å². The summed E-state index contributed by atoms with van der Waals surface area (Å²) in [5, 5.41) is 20.4. The summed E-state index contributed by atoms with van der Waals surface area (Å²) in [6, 6.07) is 2.10. The second-order valence-electron chi connectivity index (χ2n) is 5.12. The molecule has 0 radical (unpaired) electrons. The molecule has 0 fully saturated rings. The van der Waals surface area contributed by atoms with E-state index in [1.807, 2.05) is 0 Å². The molecule has 0 aromatic carbocycles. The summed E-state index contributed by atoms with van der Waals surface area (Å²) in [4.78, 5) is 4.65. The Morgan fingerprint density at radius 3 is 2.70 bits per heavy atom. The Bertz CT molecular complexity index is 495. The minimum absolute atomic E-state index is 0.00616. The van der Waals surface area contributed by atoms with Gasteiger partial charge in [0.15, 0.2) is 0 Å². The molecule has 0 unspecified atom stereocenters. The van der Waals surface area contributed by atoms with Gasteiger partial charge < -0.3 is 10.4 Å². The molecule has 2 rings (SSSR count). The summed E-state index contributed by atoms with van der Waals surface area (Å²) in [5.74, 6) is 0. The van der Waals surface area contributed by atoms with E-state index in [-0.39, 0.29) is 12.0 Å². The Kier molecular flexibility index (Phi) is 5.72. The maximum absolute atomic E-state index is 9.55. The Morgan fingerprint density at radius 2 is 2.10 bits per heavy atom. The fourth-order valence-electron chi connectivity index (χ4n) is 2.14. The quantitative estimate of drug-likeness (QED) is 0.780. The van der Waals surface area contributed by atoms with E-state index in [9.17, 15) is 5.11 Å². The van der Waals surface area contributed by atoms with Gasteiger partial charge in [-0.25, -0.2) is 4.98 Å². The Morgan fingerprint density at radius 1 is 1.30 bits per heavy atom. The highest BCUT2D eigenvalue weighted by Gasteiger charge is 2.24. The number of nitrogens with one attached hydrogen (secondary N) is 1. The van der Waals surface area contributed by atoms with E-state index in [1.54, 1.807) is 22.7 Å². The maximum Gasteiger partial charge on any atom is 0.124 e. The number of rotatable bonds is 8. The first-order chi connectivity index (χ1) is 9.73. The van der Waals surface area contributed by atoms with Gasteiger partial charge >= 0.3 is 0 Å². The van der Waals surface area contributed by atoms with E-state index in [0.717, 1.165) is 36.6 Å². The molecule has 110 valence electrons. The van der Waals surface area contributed by atoms with Crippen LogP contribution in [0.2, 0.25) is 0 Å². The highest BCUT2D eigenvalue weighted by Crippen LogP contribution is 2.26. The molecule has 0 bridgehead atoms. The van der Waals surface area contributed by atoms with Crippen molar-refractivity contribution in [3.63, 3.8) is 0 Å². The second kappa shape index (κ2) is 7.31. The van der Waals surface area contributed by atoms with E-state index in [1.165, 1.54) is 5.56 Å². The van der Waals surface area contributed by atoms with Gasteiger partial charge in [0.25, 0.3) is 0 Å². The van der Waals surface area contributed by atoms with Gasteiger partial charge in [-0.2, -0.15) is 11.3 Å². The molecule has 0 spiro atoms. The highest BCUT2D eigenvalue weighted by molar-refractivity contribution is 7.14. The molecule has 0 amide bonds. The smallest absolute Gasteiger partial charge is 0.124 e. The van der Waals surface area contributed by atoms with E-state index >= 15 is 0 Å². The normalized spacial score (nSPS) is 11.9. The van der Waals surface area contributed by atoms with Gasteiger partial charge in [-0.15, -0.1) is 11.3 Å². The zero-order valence-electron chi connectivity index (χ0n) is 12.1. The first kappa shape index (κ1) is 15.6. The van der Waals surface area contributed by atoms with Gasteiger partial charge in [0.2, 0.25) is 0 Å². The molecule has 0 aliphatic heterocycles. The highest BCUT2D eigenvalue weighted by atomic mass is 32.1. The fourth-order valence-corrected chi connectivity index (χ4v) is 3.67. The van der Waals surface area contributed by atoms with Crippen molar-refractivity contribution in [1.29, 1.82) is 0 Å². The van der Waals surface area contributed by atoms with Crippen LogP contribution < -0.4 is 5.32 Å². The summed E-state index contributed by atoms with van der Waals surface area (Å²) in [6.45, 7) is 6.12. The number of thiazole rings is 1. The van der Waals surface area contributed by atoms with Crippen LogP contribution in [-0.2, 0) is 6.54 Å². The SMILES string of the molecule is CCC(CC)(CO)CNCc1csc(-c2ccsc2)n1. The van der Waals surface area contributed by atoms with Crippen molar-refractivity contribution in [3.05, 3.63) is 27.9 Å². The molecular formula is C15H22N2OS2. The third kappa shape index (κ3) is 3.67. The van der Waals surface area contributed by atoms with E-state index in [0.29, 0.717) is 0 Å². The lowest BCUT2D eigenvalue weighted by molar-refractivity contribution is 0.113. The number of hydrogen-bond acceptors (Lipinski definition) is 5. The third-order valence-corrected chi connectivity index (χ3v) is 5.58. The largest absolute Gasteiger partial charge is 0.396 e. The summed E-state index contributed by atoms with van der Waals surface area (Å²) in [6.07, 6.45) is 1.98. The number of aliphatic hydroxyl groups is 1. The molecule has 0 aliphatic carbocycles. The fraction of sp³-hybridized carbons (Fsp3) is 0.533. The Labute approximate surface area is 128 Å². The van der Waals surface area contributed by atoms with Crippen molar-refractivity contribution >= 4 is 22.7 Å². The van der Waals surface area contributed by atoms with Crippen molar-refractivity contribution in [2.45, 2.75) is 33.2 Å². The van der Waals surface area contributed by atoms with E-state index in [4.69, 9.17) is 0 Å². The van der Waals surface area contributed by atoms with Crippen molar-refractivity contribution in [3.8, 4) is 10.6 Å². The second-order valence-corrected chi connectivity index (χ2v) is 6.76. The standard InChI is InChI=1S/C15H22N2OS2/c1-3-15(4-2,11-18)10-16-7-13-9-20-14(17-13)12-5-6-19-8-12/h5-6,8-9,16,18H,3-4,7,10-11H2,1-2H3. The number of nitrogens with zero attached hydrogens (tertiary/aromatic N) is 1. The lowest BCUT2D eigenvalue weighted by atomic mass is 9.83. The third-order valence-electron chi connectivity index (χ3n) is 3.96. The molecule has 0 saturated heterocycles. The lowest BCUT2D eigenvalue weighted by Crippen LogP contribution is -2.36. The van der Waals surface area contributed by atoms with Gasteiger partial charge in [0, 0.05) is 41.4 Å². The van der Waals surface area contributed by atoms with Crippen LogP contribution in [0.4, 0.5) is 0 Å². The van der Waals surface area contributed by atoms with Gasteiger partial charge in [-0.3, -0.25) is 0 Å². The van der Waals surface area contributed by atoms with Crippen LogP contribution in [0.3, 0.4) is 0 Å². The predicted molar refractivity (Wildman–Crippen MR) is 87.2 cm³/mol. The maximum atomic E-state index is 9.55. The molecule has 20 heavy (non-hydrogen) atoms. The molecule has 0 saturated carbocycles. The topological polar surface area (TPSA) is 45.1 Å². The van der Waals surface area contributed by atoms with Gasteiger partial charge in [-0.05, 0) is 24.3 Å². The van der Waals surface area contributed by atoms with Crippen molar-refractivity contribution in [2.24, 2.45) is 5.41 Å².